The van der Waals surface area contributed by atoms with Crippen molar-refractivity contribution in [2.24, 2.45) is 0 Å². The number of benzene rings is 1. The molecule has 4 heteroatoms. The Morgan fingerprint density at radius 3 is 2.70 bits per heavy atom. The molecule has 1 aliphatic rings. The van der Waals surface area contributed by atoms with Crippen molar-refractivity contribution in [2.45, 2.75) is 32.7 Å². The van der Waals surface area contributed by atoms with Gasteiger partial charge in [-0.25, -0.2) is 0 Å². The van der Waals surface area contributed by atoms with Crippen LogP contribution in [0.25, 0.3) is 10.8 Å². The van der Waals surface area contributed by atoms with Gasteiger partial charge in [-0.05, 0) is 55.4 Å². The number of fused-ring (bicyclic) bond motifs is 1. The van der Waals surface area contributed by atoms with Gasteiger partial charge in [0.05, 0.1) is 0 Å². The zero-order valence-corrected chi connectivity index (χ0v) is 12.5. The van der Waals surface area contributed by atoms with Crippen molar-refractivity contribution in [2.75, 3.05) is 13.1 Å². The van der Waals surface area contributed by atoms with Gasteiger partial charge in [0.15, 0.2) is 0 Å². The molecule has 0 amide bonds. The number of halogens is 1. The Balaban J connectivity index is 2.16. The molecule has 0 atom stereocenters. The third-order valence-corrected chi connectivity index (χ3v) is 4.35. The van der Waals surface area contributed by atoms with E-state index in [1.54, 1.807) is 6.07 Å². The van der Waals surface area contributed by atoms with E-state index in [0.717, 1.165) is 37.1 Å². The highest BCUT2D eigenvalue weighted by Gasteiger charge is 2.17. The van der Waals surface area contributed by atoms with Crippen LogP contribution in [0.1, 0.15) is 31.0 Å². The zero-order valence-electron chi connectivity index (χ0n) is 11.7. The highest BCUT2D eigenvalue weighted by Crippen LogP contribution is 2.24. The molecule has 0 saturated carbocycles. The normalized spacial score (nSPS) is 16.1. The van der Waals surface area contributed by atoms with Gasteiger partial charge in [0.25, 0.3) is 5.56 Å². The number of nitrogens with one attached hydrogen (secondary N) is 1. The number of hydrogen-bond acceptors (Lipinski definition) is 2. The largest absolute Gasteiger partial charge is 0.325 e. The summed E-state index contributed by atoms with van der Waals surface area (Å²) < 4.78 is 0. The molecular formula is C16H19ClN2O. The van der Waals surface area contributed by atoms with E-state index >= 15 is 0 Å². The van der Waals surface area contributed by atoms with Crippen molar-refractivity contribution < 1.29 is 0 Å². The number of nitrogens with zero attached hydrogens (tertiary/aromatic N) is 1. The summed E-state index contributed by atoms with van der Waals surface area (Å²) in [6.07, 6.45) is 3.39. The molecule has 1 aromatic carbocycles. The minimum atomic E-state index is -0.0375. The third-order valence-electron chi connectivity index (χ3n) is 4.11. The Bertz CT molecular complexity index is 687. The van der Waals surface area contributed by atoms with E-state index in [-0.39, 0.29) is 5.56 Å². The van der Waals surface area contributed by atoms with Crippen molar-refractivity contribution in [3.63, 3.8) is 0 Å². The lowest BCUT2D eigenvalue weighted by Gasteiger charge is -2.19. The second kappa shape index (κ2) is 5.58. The number of aromatic amines is 1. The molecule has 0 bridgehead atoms. The molecule has 1 fully saturated rings. The Kier molecular flexibility index (Phi) is 3.81. The van der Waals surface area contributed by atoms with E-state index in [1.807, 2.05) is 12.1 Å². The first-order valence-corrected chi connectivity index (χ1v) is 7.62. The monoisotopic (exact) mass is 290 g/mol. The summed E-state index contributed by atoms with van der Waals surface area (Å²) >= 11 is 6.02. The maximum absolute atomic E-state index is 12.2. The van der Waals surface area contributed by atoms with Crippen LogP contribution in [-0.4, -0.2) is 23.0 Å². The molecule has 1 aliphatic heterocycles. The van der Waals surface area contributed by atoms with E-state index in [0.29, 0.717) is 10.4 Å². The van der Waals surface area contributed by atoms with Gasteiger partial charge >= 0.3 is 0 Å². The molecule has 1 N–H and O–H groups in total. The van der Waals surface area contributed by atoms with Crippen molar-refractivity contribution in [3.8, 4) is 0 Å². The van der Waals surface area contributed by atoms with Crippen molar-refractivity contribution in [1.29, 1.82) is 0 Å². The second-order valence-electron chi connectivity index (χ2n) is 5.44. The van der Waals surface area contributed by atoms with Crippen LogP contribution in [0.3, 0.4) is 0 Å². The van der Waals surface area contributed by atoms with E-state index in [2.05, 4.69) is 16.8 Å². The molecule has 106 valence electrons. The van der Waals surface area contributed by atoms with Crippen LogP contribution in [0.15, 0.2) is 23.0 Å². The van der Waals surface area contributed by atoms with Crippen LogP contribution in [-0.2, 0) is 13.0 Å². The topological polar surface area (TPSA) is 36.1 Å². The highest BCUT2D eigenvalue weighted by molar-refractivity contribution is 6.31. The second-order valence-corrected chi connectivity index (χ2v) is 5.87. The highest BCUT2D eigenvalue weighted by atomic mass is 35.5. The van der Waals surface area contributed by atoms with Gasteiger partial charge in [0.1, 0.15) is 0 Å². The molecule has 0 radical (unpaired) electrons. The zero-order chi connectivity index (χ0) is 14.1. The Morgan fingerprint density at radius 2 is 2.00 bits per heavy atom. The van der Waals surface area contributed by atoms with E-state index in [1.165, 1.54) is 18.4 Å². The first-order chi connectivity index (χ1) is 9.69. The summed E-state index contributed by atoms with van der Waals surface area (Å²) in [5.74, 6) is 0. The van der Waals surface area contributed by atoms with Crippen LogP contribution in [0.2, 0.25) is 5.02 Å². The SMILES string of the molecule is CCc1[nH]c(=O)c2cc(Cl)ccc2c1CN1CCCC1. The van der Waals surface area contributed by atoms with Gasteiger partial charge in [0, 0.05) is 22.6 Å². The van der Waals surface area contributed by atoms with Crippen molar-refractivity contribution >= 4 is 22.4 Å². The Labute approximate surface area is 123 Å². The smallest absolute Gasteiger partial charge is 0.256 e. The van der Waals surface area contributed by atoms with E-state index in [4.69, 9.17) is 11.6 Å². The quantitative estimate of drug-likeness (QED) is 0.941. The molecule has 0 aliphatic carbocycles. The van der Waals surface area contributed by atoms with Crippen LogP contribution in [0.5, 0.6) is 0 Å². The molecule has 1 saturated heterocycles. The number of aromatic nitrogens is 1. The predicted octanol–water partition coefficient (Wildman–Crippen LogP) is 3.34. The van der Waals surface area contributed by atoms with Gasteiger partial charge in [-0.15, -0.1) is 0 Å². The Morgan fingerprint density at radius 1 is 1.25 bits per heavy atom. The summed E-state index contributed by atoms with van der Waals surface area (Å²) in [4.78, 5) is 17.7. The lowest BCUT2D eigenvalue weighted by molar-refractivity contribution is 0.331. The summed E-state index contributed by atoms with van der Waals surface area (Å²) in [5, 5.41) is 2.35. The number of rotatable bonds is 3. The van der Waals surface area contributed by atoms with Crippen LogP contribution >= 0.6 is 11.6 Å². The molecule has 1 aromatic heterocycles. The summed E-state index contributed by atoms with van der Waals surface area (Å²) in [7, 11) is 0. The maximum Gasteiger partial charge on any atom is 0.256 e. The summed E-state index contributed by atoms with van der Waals surface area (Å²) in [6, 6.07) is 5.62. The van der Waals surface area contributed by atoms with Gasteiger partial charge in [-0.2, -0.15) is 0 Å². The molecule has 0 spiro atoms. The van der Waals surface area contributed by atoms with Crippen LogP contribution in [0, 0.1) is 0 Å². The van der Waals surface area contributed by atoms with Gasteiger partial charge in [0.2, 0.25) is 0 Å². The van der Waals surface area contributed by atoms with Gasteiger partial charge in [-0.3, -0.25) is 9.69 Å². The first-order valence-electron chi connectivity index (χ1n) is 7.24. The van der Waals surface area contributed by atoms with E-state index in [9.17, 15) is 4.79 Å². The third kappa shape index (κ3) is 2.48. The van der Waals surface area contributed by atoms with Crippen LogP contribution in [0.4, 0.5) is 0 Å². The number of H-pyrrole nitrogens is 1. The fourth-order valence-electron chi connectivity index (χ4n) is 3.06. The molecule has 20 heavy (non-hydrogen) atoms. The Hall–Kier alpha value is -1.32. The lowest BCUT2D eigenvalue weighted by atomic mass is 10.0. The summed E-state index contributed by atoms with van der Waals surface area (Å²) in [6.45, 7) is 5.30. The first kappa shape index (κ1) is 13.7. The average molecular weight is 291 g/mol. The minimum absolute atomic E-state index is 0.0375. The summed E-state index contributed by atoms with van der Waals surface area (Å²) in [5.41, 5.74) is 2.27. The fourth-order valence-corrected chi connectivity index (χ4v) is 3.23. The van der Waals surface area contributed by atoms with Crippen molar-refractivity contribution in [3.05, 3.63) is 44.8 Å². The standard InChI is InChI=1S/C16H19ClN2O/c1-2-15-14(10-19-7-3-4-8-19)12-6-5-11(17)9-13(12)16(20)18-15/h5-6,9H,2-4,7-8,10H2,1H3,(H,18,20). The number of hydrogen-bond donors (Lipinski definition) is 1. The molecule has 3 rings (SSSR count). The molecule has 0 unspecified atom stereocenters. The molecular weight excluding hydrogens is 272 g/mol. The fraction of sp³-hybridized carbons (Fsp3) is 0.438. The number of pyridine rings is 1. The predicted molar refractivity (Wildman–Crippen MR) is 83.5 cm³/mol. The number of aryl methyl sites for hydroxylation is 1. The molecule has 2 heterocycles. The average Bonchev–Trinajstić information content (AvgIpc) is 2.95. The minimum Gasteiger partial charge on any atom is -0.325 e. The lowest BCUT2D eigenvalue weighted by Crippen LogP contribution is -2.22. The molecule has 3 nitrogen and oxygen atoms in total. The van der Waals surface area contributed by atoms with Crippen LogP contribution < -0.4 is 5.56 Å². The maximum atomic E-state index is 12.2. The molecule has 2 aromatic rings. The number of likely N-dealkylation sites (tertiary alicyclic amines) is 1. The van der Waals surface area contributed by atoms with E-state index < -0.39 is 0 Å². The van der Waals surface area contributed by atoms with Gasteiger partial charge in [-0.1, -0.05) is 24.6 Å². The van der Waals surface area contributed by atoms with Gasteiger partial charge < -0.3 is 4.98 Å². The van der Waals surface area contributed by atoms with Crippen molar-refractivity contribution in [1.82, 2.24) is 9.88 Å².